The Labute approximate surface area is 197 Å². The molecule has 2 aliphatic rings. The summed E-state index contributed by atoms with van der Waals surface area (Å²) in [5, 5.41) is 0. The van der Waals surface area contributed by atoms with E-state index in [0.717, 1.165) is 49.3 Å². The number of aromatic nitrogens is 2. The summed E-state index contributed by atoms with van der Waals surface area (Å²) in [6.45, 7) is 6.23. The van der Waals surface area contributed by atoms with Crippen LogP contribution in [0.4, 0.5) is 20.6 Å². The summed E-state index contributed by atoms with van der Waals surface area (Å²) >= 11 is 0. The molecule has 1 amide bonds. The number of anilines is 2. The molecule has 3 aromatic rings. The molecule has 178 valence electrons. The summed E-state index contributed by atoms with van der Waals surface area (Å²) in [5.74, 6) is 0.247. The lowest BCUT2D eigenvalue weighted by Gasteiger charge is -2.25. The number of fused-ring (bicyclic) bond motifs is 1. The van der Waals surface area contributed by atoms with Crippen molar-refractivity contribution in [3.05, 3.63) is 54.0 Å². The first-order valence-electron chi connectivity index (χ1n) is 11.5. The van der Waals surface area contributed by atoms with Crippen molar-refractivity contribution >= 4 is 28.5 Å². The van der Waals surface area contributed by atoms with E-state index < -0.39 is 6.09 Å². The number of hydrogen-bond donors (Lipinski definition) is 0. The fraction of sp³-hybridized carbons (Fsp3) is 0.400. The maximum absolute atomic E-state index is 14.0. The topological polar surface area (TPSA) is 71.0 Å². The number of hydrogen-bond acceptors (Lipinski definition) is 7. The Morgan fingerprint density at radius 2 is 2.03 bits per heavy atom. The molecule has 34 heavy (non-hydrogen) atoms. The summed E-state index contributed by atoms with van der Waals surface area (Å²) in [6, 6.07) is 10.6. The third-order valence-electron chi connectivity index (χ3n) is 6.48. The van der Waals surface area contributed by atoms with Crippen LogP contribution in [0.2, 0.25) is 0 Å². The molecule has 0 bridgehead atoms. The molecule has 0 aliphatic carbocycles. The fourth-order valence-corrected chi connectivity index (χ4v) is 4.62. The van der Waals surface area contributed by atoms with Gasteiger partial charge in [-0.25, -0.2) is 14.2 Å². The van der Waals surface area contributed by atoms with Gasteiger partial charge in [0, 0.05) is 45.0 Å². The van der Waals surface area contributed by atoms with E-state index in [-0.39, 0.29) is 11.9 Å². The van der Waals surface area contributed by atoms with E-state index in [1.807, 2.05) is 24.4 Å². The molecule has 2 saturated heterocycles. The number of ether oxygens (including phenoxy) is 2. The summed E-state index contributed by atoms with van der Waals surface area (Å²) in [7, 11) is 1.61. The number of rotatable bonds is 5. The van der Waals surface area contributed by atoms with Crippen molar-refractivity contribution in [2.24, 2.45) is 0 Å². The van der Waals surface area contributed by atoms with Gasteiger partial charge in [-0.1, -0.05) is 6.07 Å². The van der Waals surface area contributed by atoms with Crippen LogP contribution in [0.3, 0.4) is 0 Å². The van der Waals surface area contributed by atoms with Crippen molar-refractivity contribution in [3.63, 3.8) is 0 Å². The highest BCUT2D eigenvalue weighted by Gasteiger charge is 2.34. The van der Waals surface area contributed by atoms with Gasteiger partial charge in [0.1, 0.15) is 17.4 Å². The predicted octanol–water partition coefficient (Wildman–Crippen LogP) is 3.62. The fourth-order valence-electron chi connectivity index (χ4n) is 4.62. The number of halogens is 1. The van der Waals surface area contributed by atoms with Crippen LogP contribution in [-0.2, 0) is 4.74 Å². The van der Waals surface area contributed by atoms with Crippen LogP contribution in [0.15, 0.2) is 42.6 Å². The first-order valence-corrected chi connectivity index (χ1v) is 11.5. The number of benzene rings is 1. The molecular weight excluding hydrogens is 437 g/mol. The average Bonchev–Trinajstić information content (AvgIpc) is 3.05. The standard InChI is InChI=1S/C25H28FN5O3/c1-17-4-5-18(14-20(17)26)31-16-19(34-25(31)32)15-29-10-3-11-30(13-12-29)22-8-9-27-21-6-7-23(33-2)28-24(21)22/h4-9,14,19H,3,10-13,15-16H2,1-2H3/t19-/m1/s1. The first-order chi connectivity index (χ1) is 16.5. The molecule has 5 rings (SSSR count). The quantitative estimate of drug-likeness (QED) is 0.570. The van der Waals surface area contributed by atoms with Gasteiger partial charge in [-0.05, 0) is 43.2 Å². The molecule has 1 atom stereocenters. The molecule has 1 aromatic carbocycles. The number of carbonyl (C=O) groups is 1. The molecule has 0 spiro atoms. The van der Waals surface area contributed by atoms with E-state index in [0.29, 0.717) is 30.2 Å². The van der Waals surface area contributed by atoms with Gasteiger partial charge in [0.05, 0.1) is 30.5 Å². The van der Waals surface area contributed by atoms with Gasteiger partial charge >= 0.3 is 6.09 Å². The Morgan fingerprint density at radius 1 is 1.15 bits per heavy atom. The Balaban J connectivity index is 1.24. The van der Waals surface area contributed by atoms with E-state index in [4.69, 9.17) is 9.47 Å². The lowest BCUT2D eigenvalue weighted by molar-refractivity contribution is 0.111. The van der Waals surface area contributed by atoms with Gasteiger partial charge < -0.3 is 14.4 Å². The third-order valence-corrected chi connectivity index (χ3v) is 6.48. The molecular formula is C25H28FN5O3. The van der Waals surface area contributed by atoms with Crippen molar-refractivity contribution in [3.8, 4) is 5.88 Å². The molecule has 0 N–H and O–H groups in total. The van der Waals surface area contributed by atoms with E-state index in [1.165, 1.54) is 11.0 Å². The predicted molar refractivity (Wildman–Crippen MR) is 128 cm³/mol. The lowest BCUT2D eigenvalue weighted by atomic mass is 10.2. The molecule has 2 aliphatic heterocycles. The number of nitrogens with zero attached hydrogens (tertiary/aromatic N) is 5. The number of pyridine rings is 2. The van der Waals surface area contributed by atoms with Gasteiger partial charge in [-0.15, -0.1) is 0 Å². The highest BCUT2D eigenvalue weighted by Crippen LogP contribution is 2.27. The van der Waals surface area contributed by atoms with Crippen LogP contribution in [0, 0.1) is 12.7 Å². The van der Waals surface area contributed by atoms with Crippen molar-refractivity contribution in [2.75, 3.05) is 56.2 Å². The molecule has 2 fully saturated rings. The molecule has 0 radical (unpaired) electrons. The van der Waals surface area contributed by atoms with E-state index >= 15 is 0 Å². The van der Waals surface area contributed by atoms with Crippen molar-refractivity contribution in [1.29, 1.82) is 0 Å². The van der Waals surface area contributed by atoms with Crippen LogP contribution < -0.4 is 14.5 Å². The smallest absolute Gasteiger partial charge is 0.414 e. The summed E-state index contributed by atoms with van der Waals surface area (Å²) in [6.07, 6.45) is 2.11. The maximum atomic E-state index is 14.0. The van der Waals surface area contributed by atoms with Gasteiger partial charge in [-0.3, -0.25) is 14.8 Å². The molecule has 2 aromatic heterocycles. The molecule has 0 saturated carbocycles. The van der Waals surface area contributed by atoms with Crippen LogP contribution in [-0.4, -0.2) is 73.4 Å². The van der Waals surface area contributed by atoms with E-state index in [1.54, 1.807) is 26.2 Å². The second kappa shape index (κ2) is 9.42. The van der Waals surface area contributed by atoms with Gasteiger partial charge in [0.15, 0.2) is 0 Å². The summed E-state index contributed by atoms with van der Waals surface area (Å²) in [4.78, 5) is 27.7. The highest BCUT2D eigenvalue weighted by molar-refractivity contribution is 5.90. The molecule has 4 heterocycles. The monoisotopic (exact) mass is 465 g/mol. The van der Waals surface area contributed by atoms with Crippen LogP contribution in [0.1, 0.15) is 12.0 Å². The zero-order valence-electron chi connectivity index (χ0n) is 19.4. The number of methoxy groups -OCH3 is 1. The number of cyclic esters (lactones) is 1. The molecule has 8 nitrogen and oxygen atoms in total. The van der Waals surface area contributed by atoms with Crippen LogP contribution >= 0.6 is 0 Å². The zero-order valence-corrected chi connectivity index (χ0v) is 19.4. The third kappa shape index (κ3) is 4.48. The SMILES string of the molecule is COc1ccc2nccc(N3CCCN(C[C@@H]4CN(c5ccc(C)c(F)c5)C(=O)O4)CC3)c2n1. The first kappa shape index (κ1) is 22.3. The van der Waals surface area contributed by atoms with Crippen LogP contribution in [0.25, 0.3) is 11.0 Å². The summed E-state index contributed by atoms with van der Waals surface area (Å²) in [5.41, 5.74) is 3.80. The Kier molecular flexibility index (Phi) is 6.19. The minimum Gasteiger partial charge on any atom is -0.481 e. The van der Waals surface area contributed by atoms with Gasteiger partial charge in [0.25, 0.3) is 0 Å². The molecule has 0 unspecified atom stereocenters. The minimum atomic E-state index is -0.423. The lowest BCUT2D eigenvalue weighted by Crippen LogP contribution is -2.37. The molecule has 9 heteroatoms. The largest absolute Gasteiger partial charge is 0.481 e. The van der Waals surface area contributed by atoms with Crippen molar-refractivity contribution in [2.45, 2.75) is 19.4 Å². The Morgan fingerprint density at radius 3 is 2.85 bits per heavy atom. The maximum Gasteiger partial charge on any atom is 0.414 e. The zero-order chi connectivity index (χ0) is 23.7. The van der Waals surface area contributed by atoms with Crippen molar-refractivity contribution < 1.29 is 18.7 Å². The van der Waals surface area contributed by atoms with E-state index in [9.17, 15) is 9.18 Å². The highest BCUT2D eigenvalue weighted by atomic mass is 19.1. The number of aryl methyl sites for hydroxylation is 1. The van der Waals surface area contributed by atoms with Crippen LogP contribution in [0.5, 0.6) is 5.88 Å². The summed E-state index contributed by atoms with van der Waals surface area (Å²) < 4.78 is 24.9. The van der Waals surface area contributed by atoms with Gasteiger partial charge in [0.2, 0.25) is 5.88 Å². The second-order valence-electron chi connectivity index (χ2n) is 8.74. The number of carbonyl (C=O) groups excluding carboxylic acids is 1. The second-order valence-corrected chi connectivity index (χ2v) is 8.74. The Hall–Kier alpha value is -3.46. The Bertz CT molecular complexity index is 1210. The van der Waals surface area contributed by atoms with E-state index in [2.05, 4.69) is 19.8 Å². The average molecular weight is 466 g/mol. The van der Waals surface area contributed by atoms with Crippen molar-refractivity contribution in [1.82, 2.24) is 14.9 Å². The number of amides is 1. The van der Waals surface area contributed by atoms with Gasteiger partial charge in [-0.2, -0.15) is 0 Å². The minimum absolute atomic E-state index is 0.254. The normalized spacial score (nSPS) is 19.4.